The van der Waals surface area contributed by atoms with E-state index < -0.39 is 0 Å². The van der Waals surface area contributed by atoms with Crippen LogP contribution in [0.2, 0.25) is 0 Å². The maximum atomic E-state index is 11.4. The van der Waals surface area contributed by atoms with E-state index in [1.807, 2.05) is 24.3 Å². The summed E-state index contributed by atoms with van der Waals surface area (Å²) in [4.78, 5) is 11.4. The monoisotopic (exact) mass is 275 g/mol. The van der Waals surface area contributed by atoms with E-state index in [2.05, 4.69) is 19.2 Å². The number of ether oxygens (including phenoxy) is 1. The van der Waals surface area contributed by atoms with E-state index in [4.69, 9.17) is 4.74 Å². The largest absolute Gasteiger partial charge is 0.465 e. The van der Waals surface area contributed by atoms with Crippen molar-refractivity contribution in [2.45, 2.75) is 45.7 Å². The van der Waals surface area contributed by atoms with Crippen molar-refractivity contribution in [3.8, 4) is 0 Å². The Morgan fingerprint density at radius 1 is 1.30 bits per heavy atom. The fourth-order valence-corrected chi connectivity index (χ4v) is 3.24. The lowest BCUT2D eigenvalue weighted by atomic mass is 9.93. The number of benzene rings is 1. The molecule has 2 rings (SSSR count). The van der Waals surface area contributed by atoms with E-state index in [1.54, 1.807) is 0 Å². The maximum Gasteiger partial charge on any atom is 0.337 e. The molecule has 0 bridgehead atoms. The van der Waals surface area contributed by atoms with Gasteiger partial charge < -0.3 is 10.1 Å². The van der Waals surface area contributed by atoms with Crippen LogP contribution >= 0.6 is 0 Å². The van der Waals surface area contributed by atoms with Crippen LogP contribution in [-0.4, -0.2) is 19.1 Å². The van der Waals surface area contributed by atoms with Crippen LogP contribution in [0.1, 0.15) is 49.0 Å². The third-order valence-corrected chi connectivity index (χ3v) is 4.69. The predicted octanol–water partition coefficient (Wildman–Crippen LogP) is 3.39. The lowest BCUT2D eigenvalue weighted by molar-refractivity contribution is 0.0600. The summed E-state index contributed by atoms with van der Waals surface area (Å²) < 4.78 is 4.70. The normalized spacial score (nSPS) is 25.6. The zero-order valence-corrected chi connectivity index (χ0v) is 12.7. The summed E-state index contributed by atoms with van der Waals surface area (Å²) >= 11 is 0. The molecule has 1 aliphatic rings. The Bertz CT molecular complexity index is 441. The molecule has 3 nitrogen and oxygen atoms in total. The highest BCUT2D eigenvalue weighted by Crippen LogP contribution is 2.33. The van der Waals surface area contributed by atoms with Gasteiger partial charge in [-0.25, -0.2) is 4.79 Å². The molecule has 0 aliphatic heterocycles. The van der Waals surface area contributed by atoms with E-state index in [9.17, 15) is 4.79 Å². The Kier molecular flexibility index (Phi) is 5.18. The van der Waals surface area contributed by atoms with Crippen LogP contribution in [0.15, 0.2) is 24.3 Å². The van der Waals surface area contributed by atoms with Gasteiger partial charge in [0.05, 0.1) is 12.7 Å². The van der Waals surface area contributed by atoms with Gasteiger partial charge in [-0.2, -0.15) is 0 Å². The van der Waals surface area contributed by atoms with Gasteiger partial charge in [0.15, 0.2) is 0 Å². The van der Waals surface area contributed by atoms with Crippen LogP contribution in [0, 0.1) is 11.8 Å². The summed E-state index contributed by atoms with van der Waals surface area (Å²) in [5, 5.41) is 3.66. The maximum absolute atomic E-state index is 11.4. The minimum Gasteiger partial charge on any atom is -0.465 e. The van der Waals surface area contributed by atoms with E-state index in [1.165, 1.54) is 31.9 Å². The second-order valence-corrected chi connectivity index (χ2v) is 5.78. The van der Waals surface area contributed by atoms with Crippen molar-refractivity contribution in [3.63, 3.8) is 0 Å². The summed E-state index contributed by atoms with van der Waals surface area (Å²) in [5.41, 5.74) is 1.82. The molecular formula is C17H25NO2. The standard InChI is InChI=1S/C17H25NO2/c1-4-14-9-10-16(12(14)2)18-11-13-5-7-15(8-6-13)17(19)20-3/h5-8,12,14,16,18H,4,9-11H2,1-3H3. The van der Waals surface area contributed by atoms with Gasteiger partial charge >= 0.3 is 5.97 Å². The highest BCUT2D eigenvalue weighted by atomic mass is 16.5. The average Bonchev–Trinajstić information content (AvgIpc) is 2.85. The number of hydrogen-bond acceptors (Lipinski definition) is 3. The Labute approximate surface area is 121 Å². The molecule has 0 aromatic heterocycles. The molecular weight excluding hydrogens is 250 g/mol. The molecule has 1 N–H and O–H groups in total. The van der Waals surface area contributed by atoms with Crippen LogP contribution in [0.3, 0.4) is 0 Å². The number of carbonyl (C=O) groups excluding carboxylic acids is 1. The van der Waals surface area contributed by atoms with Crippen molar-refractivity contribution in [1.29, 1.82) is 0 Å². The molecule has 3 atom stereocenters. The molecule has 0 heterocycles. The predicted molar refractivity (Wildman–Crippen MR) is 80.6 cm³/mol. The first-order valence-electron chi connectivity index (χ1n) is 7.56. The van der Waals surface area contributed by atoms with Crippen LogP contribution in [0.5, 0.6) is 0 Å². The number of methoxy groups -OCH3 is 1. The summed E-state index contributed by atoms with van der Waals surface area (Å²) in [6.07, 6.45) is 3.91. The van der Waals surface area contributed by atoms with Gasteiger partial charge in [-0.05, 0) is 42.4 Å². The van der Waals surface area contributed by atoms with Crippen LogP contribution in [-0.2, 0) is 11.3 Å². The van der Waals surface area contributed by atoms with Gasteiger partial charge in [0.2, 0.25) is 0 Å². The minimum atomic E-state index is -0.278. The molecule has 1 aliphatic carbocycles. The van der Waals surface area contributed by atoms with Gasteiger partial charge in [-0.1, -0.05) is 32.4 Å². The zero-order valence-electron chi connectivity index (χ0n) is 12.7. The molecule has 0 saturated heterocycles. The molecule has 0 spiro atoms. The molecule has 20 heavy (non-hydrogen) atoms. The van der Waals surface area contributed by atoms with Gasteiger partial charge in [-0.15, -0.1) is 0 Å². The van der Waals surface area contributed by atoms with Crippen molar-refractivity contribution in [1.82, 2.24) is 5.32 Å². The van der Waals surface area contributed by atoms with E-state index in [0.29, 0.717) is 11.6 Å². The Morgan fingerprint density at radius 2 is 2.00 bits per heavy atom. The highest BCUT2D eigenvalue weighted by molar-refractivity contribution is 5.89. The number of nitrogens with one attached hydrogen (secondary N) is 1. The van der Waals surface area contributed by atoms with Gasteiger partial charge in [0, 0.05) is 12.6 Å². The number of carbonyl (C=O) groups is 1. The lowest BCUT2D eigenvalue weighted by Crippen LogP contribution is -2.32. The summed E-state index contributed by atoms with van der Waals surface area (Å²) in [5.74, 6) is 1.35. The van der Waals surface area contributed by atoms with Crippen LogP contribution in [0.25, 0.3) is 0 Å². The first-order chi connectivity index (χ1) is 9.65. The smallest absolute Gasteiger partial charge is 0.337 e. The third-order valence-electron chi connectivity index (χ3n) is 4.69. The van der Waals surface area contributed by atoms with Crippen molar-refractivity contribution in [3.05, 3.63) is 35.4 Å². The minimum absolute atomic E-state index is 0.278. The van der Waals surface area contributed by atoms with Crippen molar-refractivity contribution < 1.29 is 9.53 Å². The molecule has 1 saturated carbocycles. The topological polar surface area (TPSA) is 38.3 Å². The molecule has 0 radical (unpaired) electrons. The number of hydrogen-bond donors (Lipinski definition) is 1. The summed E-state index contributed by atoms with van der Waals surface area (Å²) in [7, 11) is 1.41. The van der Waals surface area contributed by atoms with E-state index in [0.717, 1.165) is 18.4 Å². The van der Waals surface area contributed by atoms with Gasteiger partial charge in [-0.3, -0.25) is 0 Å². The van der Waals surface area contributed by atoms with Crippen LogP contribution in [0.4, 0.5) is 0 Å². The Balaban J connectivity index is 1.87. The van der Waals surface area contributed by atoms with Crippen molar-refractivity contribution in [2.24, 2.45) is 11.8 Å². The summed E-state index contributed by atoms with van der Waals surface area (Å²) in [6, 6.07) is 8.28. The molecule has 1 aromatic rings. The molecule has 110 valence electrons. The number of esters is 1. The molecule has 3 unspecified atom stereocenters. The van der Waals surface area contributed by atoms with Gasteiger partial charge in [0.1, 0.15) is 0 Å². The van der Waals surface area contributed by atoms with E-state index >= 15 is 0 Å². The van der Waals surface area contributed by atoms with Crippen molar-refractivity contribution >= 4 is 5.97 Å². The third kappa shape index (κ3) is 3.40. The lowest BCUT2D eigenvalue weighted by Gasteiger charge is -2.21. The molecule has 3 heteroatoms. The molecule has 1 aromatic carbocycles. The molecule has 0 amide bonds. The fraction of sp³-hybridized carbons (Fsp3) is 0.588. The van der Waals surface area contributed by atoms with Crippen molar-refractivity contribution in [2.75, 3.05) is 7.11 Å². The second-order valence-electron chi connectivity index (χ2n) is 5.78. The number of rotatable bonds is 5. The Hall–Kier alpha value is -1.35. The SMILES string of the molecule is CCC1CCC(NCc2ccc(C(=O)OC)cc2)C1C. The van der Waals surface area contributed by atoms with E-state index in [-0.39, 0.29) is 5.97 Å². The average molecular weight is 275 g/mol. The highest BCUT2D eigenvalue weighted by Gasteiger charge is 2.30. The van der Waals surface area contributed by atoms with Gasteiger partial charge in [0.25, 0.3) is 0 Å². The molecule has 1 fully saturated rings. The van der Waals surface area contributed by atoms with Crippen LogP contribution < -0.4 is 5.32 Å². The zero-order chi connectivity index (χ0) is 14.5. The second kappa shape index (κ2) is 6.89. The Morgan fingerprint density at radius 3 is 2.55 bits per heavy atom. The summed E-state index contributed by atoms with van der Waals surface area (Å²) in [6.45, 7) is 5.52. The quantitative estimate of drug-likeness (QED) is 0.837. The first kappa shape index (κ1) is 15.0. The fourth-order valence-electron chi connectivity index (χ4n) is 3.24. The first-order valence-corrected chi connectivity index (χ1v) is 7.56.